The number of hydrogen-bond donors (Lipinski definition) is 2. The van der Waals surface area contributed by atoms with Crippen LogP contribution in [0.5, 0.6) is 0 Å². The van der Waals surface area contributed by atoms with E-state index >= 15 is 0 Å². The summed E-state index contributed by atoms with van der Waals surface area (Å²) in [6.45, 7) is 8.31. The Balaban J connectivity index is 0.00000288. The first kappa shape index (κ1) is 20.4. The molecule has 0 radical (unpaired) electrons. The number of rotatable bonds is 7. The molecule has 0 atom stereocenters. The minimum atomic E-state index is 0. The zero-order chi connectivity index (χ0) is 16.7. The van der Waals surface area contributed by atoms with Gasteiger partial charge in [-0.1, -0.05) is 25.9 Å². The van der Waals surface area contributed by atoms with Crippen LogP contribution in [0.3, 0.4) is 0 Å². The lowest BCUT2D eigenvalue weighted by Crippen LogP contribution is -2.38. The summed E-state index contributed by atoms with van der Waals surface area (Å²) >= 11 is 0. The Kier molecular flexibility index (Phi) is 8.72. The van der Waals surface area contributed by atoms with Crippen molar-refractivity contribution in [1.82, 2.24) is 30.6 Å². The van der Waals surface area contributed by atoms with Crippen molar-refractivity contribution >= 4 is 29.9 Å². The van der Waals surface area contributed by atoms with Crippen LogP contribution < -0.4 is 10.6 Å². The number of nitrogens with zero attached hydrogens (tertiary/aromatic N) is 5. The molecule has 0 aliphatic heterocycles. The topological polar surface area (TPSA) is 93.2 Å². The highest BCUT2D eigenvalue weighted by atomic mass is 127. The van der Waals surface area contributed by atoms with Crippen molar-refractivity contribution in [2.45, 2.75) is 46.2 Å². The molecule has 0 spiro atoms. The molecule has 0 saturated heterocycles. The van der Waals surface area contributed by atoms with E-state index in [4.69, 9.17) is 4.52 Å². The fraction of sp³-hybridized carbons (Fsp3) is 0.600. The Morgan fingerprint density at radius 1 is 1.38 bits per heavy atom. The first-order valence-electron chi connectivity index (χ1n) is 7.90. The lowest BCUT2D eigenvalue weighted by atomic mass is 10.1. The van der Waals surface area contributed by atoms with Crippen LogP contribution in [0.2, 0.25) is 0 Å². The molecule has 0 unspecified atom stereocenters. The molecule has 0 aromatic carbocycles. The molecule has 0 amide bonds. The Bertz CT molecular complexity index is 635. The molecule has 0 aliphatic rings. The van der Waals surface area contributed by atoms with E-state index in [1.807, 2.05) is 10.6 Å². The van der Waals surface area contributed by atoms with Gasteiger partial charge in [0.1, 0.15) is 12.2 Å². The molecule has 2 N–H and O–H groups in total. The SMILES string of the molecule is CCc1nncn1CCNC(=NC)NCc1cc(C(C)C)no1.I. The molecule has 0 saturated carbocycles. The summed E-state index contributed by atoms with van der Waals surface area (Å²) in [6, 6.07) is 1.97. The normalized spacial score (nSPS) is 11.5. The largest absolute Gasteiger partial charge is 0.359 e. The standard InChI is InChI=1S/C15H25N7O.HI/c1-5-14-20-19-10-22(14)7-6-17-15(16-4)18-9-12-8-13(11(2)3)21-23-12;/h8,10-11H,5-7,9H2,1-4H3,(H2,16,17,18);1H. The molecule has 8 nitrogen and oxygen atoms in total. The third-order valence-corrected chi connectivity index (χ3v) is 3.48. The number of aliphatic imine (C=N–C) groups is 1. The summed E-state index contributed by atoms with van der Waals surface area (Å²) in [5.41, 5.74) is 0.962. The second-order valence-electron chi connectivity index (χ2n) is 5.52. The van der Waals surface area contributed by atoms with E-state index in [0.29, 0.717) is 12.5 Å². The number of hydrogen-bond acceptors (Lipinski definition) is 5. The second-order valence-corrected chi connectivity index (χ2v) is 5.52. The fourth-order valence-electron chi connectivity index (χ4n) is 2.11. The average molecular weight is 447 g/mol. The van der Waals surface area contributed by atoms with E-state index in [-0.39, 0.29) is 24.0 Å². The van der Waals surface area contributed by atoms with Gasteiger partial charge >= 0.3 is 0 Å². The van der Waals surface area contributed by atoms with Crippen LogP contribution in [0.1, 0.15) is 44.0 Å². The van der Waals surface area contributed by atoms with Gasteiger partial charge in [-0.25, -0.2) is 0 Å². The molecule has 2 heterocycles. The molecule has 2 aromatic rings. The van der Waals surface area contributed by atoms with Gasteiger partial charge in [-0.05, 0) is 5.92 Å². The third kappa shape index (κ3) is 5.77. The van der Waals surface area contributed by atoms with Crippen molar-refractivity contribution in [3.05, 3.63) is 29.7 Å². The number of aromatic nitrogens is 4. The van der Waals surface area contributed by atoms with Gasteiger partial charge in [0, 0.05) is 32.6 Å². The van der Waals surface area contributed by atoms with Gasteiger partial charge in [-0.2, -0.15) is 0 Å². The van der Waals surface area contributed by atoms with Crippen LogP contribution in [0.25, 0.3) is 0 Å². The van der Waals surface area contributed by atoms with E-state index in [9.17, 15) is 0 Å². The summed E-state index contributed by atoms with van der Waals surface area (Å²) in [5, 5.41) is 18.5. The third-order valence-electron chi connectivity index (χ3n) is 3.48. The molecule has 134 valence electrons. The molecule has 24 heavy (non-hydrogen) atoms. The van der Waals surface area contributed by atoms with Gasteiger partial charge < -0.3 is 19.7 Å². The zero-order valence-electron chi connectivity index (χ0n) is 14.6. The van der Waals surface area contributed by atoms with Crippen LogP contribution in [0.4, 0.5) is 0 Å². The number of nitrogens with one attached hydrogen (secondary N) is 2. The maximum absolute atomic E-state index is 5.30. The molecule has 0 aliphatic carbocycles. The van der Waals surface area contributed by atoms with Crippen molar-refractivity contribution in [2.75, 3.05) is 13.6 Å². The predicted octanol–water partition coefficient (Wildman–Crippen LogP) is 1.94. The van der Waals surface area contributed by atoms with Gasteiger partial charge in [-0.3, -0.25) is 4.99 Å². The fourth-order valence-corrected chi connectivity index (χ4v) is 2.11. The van der Waals surface area contributed by atoms with Crippen molar-refractivity contribution in [3.8, 4) is 0 Å². The van der Waals surface area contributed by atoms with Crippen molar-refractivity contribution < 1.29 is 4.52 Å². The van der Waals surface area contributed by atoms with Crippen LogP contribution >= 0.6 is 24.0 Å². The van der Waals surface area contributed by atoms with E-state index in [2.05, 4.69) is 51.8 Å². The smallest absolute Gasteiger partial charge is 0.191 e. The first-order valence-corrected chi connectivity index (χ1v) is 7.90. The Morgan fingerprint density at radius 3 is 2.79 bits per heavy atom. The summed E-state index contributed by atoms with van der Waals surface area (Å²) in [7, 11) is 1.74. The first-order chi connectivity index (χ1) is 11.1. The Labute approximate surface area is 159 Å². The number of guanidine groups is 1. The summed E-state index contributed by atoms with van der Waals surface area (Å²) in [6.07, 6.45) is 2.62. The number of halogens is 1. The summed E-state index contributed by atoms with van der Waals surface area (Å²) in [4.78, 5) is 4.20. The lowest BCUT2D eigenvalue weighted by Gasteiger charge is -2.11. The molecular weight excluding hydrogens is 421 g/mol. The van der Waals surface area contributed by atoms with Crippen molar-refractivity contribution in [3.63, 3.8) is 0 Å². The maximum Gasteiger partial charge on any atom is 0.191 e. The molecule has 0 bridgehead atoms. The molecule has 2 rings (SSSR count). The van der Waals surface area contributed by atoms with E-state index in [1.54, 1.807) is 13.4 Å². The van der Waals surface area contributed by atoms with Gasteiger partial charge in [0.2, 0.25) is 0 Å². The van der Waals surface area contributed by atoms with E-state index in [1.165, 1.54) is 0 Å². The highest BCUT2D eigenvalue weighted by molar-refractivity contribution is 14.0. The molecule has 9 heteroatoms. The minimum absolute atomic E-state index is 0. The van der Waals surface area contributed by atoms with E-state index in [0.717, 1.165) is 42.7 Å². The second kappa shape index (κ2) is 10.3. The number of aryl methyl sites for hydroxylation is 1. The summed E-state index contributed by atoms with van der Waals surface area (Å²) in [5.74, 6) is 2.86. The summed E-state index contributed by atoms with van der Waals surface area (Å²) < 4.78 is 7.33. The van der Waals surface area contributed by atoms with Crippen LogP contribution in [-0.2, 0) is 19.5 Å². The molecular formula is C15H26IN7O. The monoisotopic (exact) mass is 447 g/mol. The highest BCUT2D eigenvalue weighted by Gasteiger charge is 2.08. The van der Waals surface area contributed by atoms with Crippen molar-refractivity contribution in [1.29, 1.82) is 0 Å². The quantitative estimate of drug-likeness (QED) is 0.383. The maximum atomic E-state index is 5.30. The lowest BCUT2D eigenvalue weighted by molar-refractivity contribution is 0.372. The van der Waals surface area contributed by atoms with E-state index < -0.39 is 0 Å². The van der Waals surface area contributed by atoms with Gasteiger partial charge in [0.15, 0.2) is 11.7 Å². The Morgan fingerprint density at radius 2 is 2.17 bits per heavy atom. The predicted molar refractivity (Wildman–Crippen MR) is 104 cm³/mol. The Hall–Kier alpha value is -1.65. The minimum Gasteiger partial charge on any atom is -0.359 e. The van der Waals surface area contributed by atoms with Gasteiger partial charge in [0.05, 0.1) is 12.2 Å². The zero-order valence-corrected chi connectivity index (χ0v) is 16.9. The van der Waals surface area contributed by atoms with Gasteiger partial charge in [-0.15, -0.1) is 34.2 Å². The molecule has 0 fully saturated rings. The molecule has 2 aromatic heterocycles. The highest BCUT2D eigenvalue weighted by Crippen LogP contribution is 2.13. The van der Waals surface area contributed by atoms with Crippen LogP contribution in [-0.4, -0.2) is 39.5 Å². The van der Waals surface area contributed by atoms with Crippen LogP contribution in [0, 0.1) is 0 Å². The van der Waals surface area contributed by atoms with Crippen LogP contribution in [0.15, 0.2) is 21.9 Å². The van der Waals surface area contributed by atoms with Crippen molar-refractivity contribution in [2.24, 2.45) is 4.99 Å². The van der Waals surface area contributed by atoms with Gasteiger partial charge in [0.25, 0.3) is 0 Å². The average Bonchev–Trinajstić information content (AvgIpc) is 3.19.